The Morgan fingerprint density at radius 3 is 3.12 bits per heavy atom. The van der Waals surface area contributed by atoms with E-state index in [9.17, 15) is 0 Å². The first kappa shape index (κ1) is 12.1. The SMILES string of the molecule is CCc1nn(C)cc1CNC1CCCC1C#N. The molecule has 0 aliphatic heterocycles. The van der Waals surface area contributed by atoms with Gasteiger partial charge in [0, 0.05) is 31.4 Å². The monoisotopic (exact) mass is 232 g/mol. The van der Waals surface area contributed by atoms with E-state index in [2.05, 4.69) is 29.6 Å². The van der Waals surface area contributed by atoms with Crippen LogP contribution in [0.25, 0.3) is 0 Å². The molecule has 0 aromatic carbocycles. The molecule has 4 nitrogen and oxygen atoms in total. The minimum absolute atomic E-state index is 0.191. The van der Waals surface area contributed by atoms with Crippen LogP contribution < -0.4 is 5.32 Å². The average molecular weight is 232 g/mol. The van der Waals surface area contributed by atoms with Gasteiger partial charge in [0.2, 0.25) is 0 Å². The Balaban J connectivity index is 1.95. The van der Waals surface area contributed by atoms with E-state index in [4.69, 9.17) is 5.26 Å². The summed E-state index contributed by atoms with van der Waals surface area (Å²) < 4.78 is 1.87. The van der Waals surface area contributed by atoms with Gasteiger partial charge in [0.05, 0.1) is 17.7 Å². The Kier molecular flexibility index (Phi) is 3.80. The third-order valence-corrected chi connectivity index (χ3v) is 3.56. The van der Waals surface area contributed by atoms with E-state index >= 15 is 0 Å². The van der Waals surface area contributed by atoms with Gasteiger partial charge in [-0.3, -0.25) is 4.68 Å². The number of rotatable bonds is 4. The van der Waals surface area contributed by atoms with E-state index in [1.54, 1.807) is 0 Å². The lowest BCUT2D eigenvalue weighted by molar-refractivity contribution is 0.463. The van der Waals surface area contributed by atoms with Crippen molar-refractivity contribution in [1.29, 1.82) is 5.26 Å². The van der Waals surface area contributed by atoms with Crippen LogP contribution in [0.1, 0.15) is 37.4 Å². The molecule has 1 heterocycles. The summed E-state index contributed by atoms with van der Waals surface area (Å²) >= 11 is 0. The number of nitrogens with one attached hydrogen (secondary N) is 1. The molecule has 1 aromatic heterocycles. The summed E-state index contributed by atoms with van der Waals surface area (Å²) in [6.45, 7) is 2.96. The van der Waals surface area contributed by atoms with Crippen LogP contribution in [-0.2, 0) is 20.0 Å². The van der Waals surface area contributed by atoms with Gasteiger partial charge < -0.3 is 5.32 Å². The zero-order chi connectivity index (χ0) is 12.3. The normalized spacial score (nSPS) is 23.8. The van der Waals surface area contributed by atoms with Crippen molar-refractivity contribution >= 4 is 0 Å². The highest BCUT2D eigenvalue weighted by atomic mass is 15.3. The fourth-order valence-electron chi connectivity index (χ4n) is 2.63. The van der Waals surface area contributed by atoms with E-state index < -0.39 is 0 Å². The summed E-state index contributed by atoms with van der Waals surface area (Å²) in [4.78, 5) is 0. The third kappa shape index (κ3) is 2.67. The predicted molar refractivity (Wildman–Crippen MR) is 66.2 cm³/mol. The van der Waals surface area contributed by atoms with Crippen LogP contribution in [0.5, 0.6) is 0 Å². The van der Waals surface area contributed by atoms with Crippen LogP contribution >= 0.6 is 0 Å². The van der Waals surface area contributed by atoms with Gasteiger partial charge in [0.15, 0.2) is 0 Å². The van der Waals surface area contributed by atoms with Gasteiger partial charge in [0.25, 0.3) is 0 Å². The smallest absolute Gasteiger partial charge is 0.0672 e. The third-order valence-electron chi connectivity index (χ3n) is 3.56. The lowest BCUT2D eigenvalue weighted by Crippen LogP contribution is -2.31. The predicted octanol–water partition coefficient (Wildman–Crippen LogP) is 1.76. The van der Waals surface area contributed by atoms with Gasteiger partial charge in [-0.25, -0.2) is 0 Å². The summed E-state index contributed by atoms with van der Waals surface area (Å²) in [6, 6.07) is 2.77. The molecule has 0 spiro atoms. The van der Waals surface area contributed by atoms with Crippen LogP contribution in [0.4, 0.5) is 0 Å². The summed E-state index contributed by atoms with van der Waals surface area (Å²) in [7, 11) is 1.95. The summed E-state index contributed by atoms with van der Waals surface area (Å²) in [5.41, 5.74) is 2.42. The maximum atomic E-state index is 9.03. The molecule has 1 aliphatic rings. The van der Waals surface area contributed by atoms with Crippen LogP contribution in [0.15, 0.2) is 6.20 Å². The fraction of sp³-hybridized carbons (Fsp3) is 0.692. The first-order valence-corrected chi connectivity index (χ1v) is 6.39. The first-order valence-electron chi connectivity index (χ1n) is 6.39. The zero-order valence-electron chi connectivity index (χ0n) is 10.6. The van der Waals surface area contributed by atoms with Gasteiger partial charge in [-0.05, 0) is 19.3 Å². The molecule has 0 bridgehead atoms. The van der Waals surface area contributed by atoms with Crippen molar-refractivity contribution in [2.75, 3.05) is 0 Å². The van der Waals surface area contributed by atoms with Crippen molar-refractivity contribution in [2.45, 2.75) is 45.2 Å². The molecule has 2 rings (SSSR count). The van der Waals surface area contributed by atoms with Crippen molar-refractivity contribution in [3.63, 3.8) is 0 Å². The summed E-state index contributed by atoms with van der Waals surface area (Å²) in [5, 5.41) is 17.0. The van der Waals surface area contributed by atoms with Crippen molar-refractivity contribution < 1.29 is 0 Å². The maximum absolute atomic E-state index is 9.03. The minimum Gasteiger partial charge on any atom is -0.308 e. The second-order valence-corrected chi connectivity index (χ2v) is 4.78. The number of aryl methyl sites for hydroxylation is 2. The highest BCUT2D eigenvalue weighted by Gasteiger charge is 2.26. The van der Waals surface area contributed by atoms with Crippen molar-refractivity contribution in [2.24, 2.45) is 13.0 Å². The van der Waals surface area contributed by atoms with Crippen molar-refractivity contribution in [3.8, 4) is 6.07 Å². The summed E-state index contributed by atoms with van der Waals surface area (Å²) in [6.07, 6.45) is 6.37. The van der Waals surface area contributed by atoms with Crippen LogP contribution in [0.3, 0.4) is 0 Å². The van der Waals surface area contributed by atoms with E-state index in [1.165, 1.54) is 12.0 Å². The molecule has 1 fully saturated rings. The van der Waals surface area contributed by atoms with E-state index in [1.807, 2.05) is 11.7 Å². The van der Waals surface area contributed by atoms with Gasteiger partial charge in [-0.15, -0.1) is 0 Å². The second-order valence-electron chi connectivity index (χ2n) is 4.78. The molecule has 0 saturated heterocycles. The Labute approximate surface area is 103 Å². The topological polar surface area (TPSA) is 53.6 Å². The largest absolute Gasteiger partial charge is 0.308 e. The molecule has 17 heavy (non-hydrogen) atoms. The number of nitriles is 1. The molecule has 1 aliphatic carbocycles. The Bertz CT molecular complexity index is 416. The average Bonchev–Trinajstić information content (AvgIpc) is 2.91. The van der Waals surface area contributed by atoms with Crippen LogP contribution in [0, 0.1) is 17.2 Å². The molecule has 0 radical (unpaired) electrons. The standard InChI is InChI=1S/C13H20N4/c1-3-12-11(9-17(2)16-12)8-15-13-6-4-5-10(13)7-14/h9-10,13,15H,3-6,8H2,1-2H3. The maximum Gasteiger partial charge on any atom is 0.0672 e. The van der Waals surface area contributed by atoms with E-state index in [0.717, 1.165) is 31.5 Å². The molecule has 1 N–H and O–H groups in total. The Morgan fingerprint density at radius 1 is 1.59 bits per heavy atom. The molecule has 2 atom stereocenters. The van der Waals surface area contributed by atoms with Crippen LogP contribution in [-0.4, -0.2) is 15.8 Å². The van der Waals surface area contributed by atoms with Crippen molar-refractivity contribution in [1.82, 2.24) is 15.1 Å². The van der Waals surface area contributed by atoms with E-state index in [0.29, 0.717) is 6.04 Å². The second kappa shape index (κ2) is 5.33. The van der Waals surface area contributed by atoms with Gasteiger partial charge in [-0.1, -0.05) is 13.3 Å². The van der Waals surface area contributed by atoms with Gasteiger partial charge in [-0.2, -0.15) is 10.4 Å². The van der Waals surface area contributed by atoms with Gasteiger partial charge >= 0.3 is 0 Å². The molecule has 0 amide bonds. The Morgan fingerprint density at radius 2 is 2.41 bits per heavy atom. The molecule has 92 valence electrons. The molecular weight excluding hydrogens is 212 g/mol. The summed E-state index contributed by atoms with van der Waals surface area (Å²) in [5.74, 6) is 0.191. The highest BCUT2D eigenvalue weighted by molar-refractivity contribution is 5.17. The highest BCUT2D eigenvalue weighted by Crippen LogP contribution is 2.25. The first-order chi connectivity index (χ1) is 8.24. The number of nitrogens with zero attached hydrogens (tertiary/aromatic N) is 3. The van der Waals surface area contributed by atoms with Crippen LogP contribution in [0.2, 0.25) is 0 Å². The molecule has 1 saturated carbocycles. The quantitative estimate of drug-likeness (QED) is 0.860. The van der Waals surface area contributed by atoms with Crippen molar-refractivity contribution in [3.05, 3.63) is 17.5 Å². The molecular formula is C13H20N4. The zero-order valence-corrected chi connectivity index (χ0v) is 10.6. The number of hydrogen-bond acceptors (Lipinski definition) is 3. The number of hydrogen-bond donors (Lipinski definition) is 1. The molecule has 4 heteroatoms. The molecule has 1 aromatic rings. The number of aromatic nitrogens is 2. The van der Waals surface area contributed by atoms with Gasteiger partial charge in [0.1, 0.15) is 0 Å². The fourth-order valence-corrected chi connectivity index (χ4v) is 2.63. The van der Waals surface area contributed by atoms with E-state index in [-0.39, 0.29) is 5.92 Å². The lowest BCUT2D eigenvalue weighted by Gasteiger charge is -2.15. The minimum atomic E-state index is 0.191. The molecule has 2 unspecified atom stereocenters. The Hall–Kier alpha value is -1.34. The lowest BCUT2D eigenvalue weighted by atomic mass is 10.1.